The highest BCUT2D eigenvalue weighted by molar-refractivity contribution is 7.80. The maximum Gasteiger partial charge on any atom is 0.174 e. The Morgan fingerprint density at radius 2 is 1.67 bits per heavy atom. The van der Waals surface area contributed by atoms with E-state index in [0.29, 0.717) is 5.11 Å². The van der Waals surface area contributed by atoms with Gasteiger partial charge in [-0.05, 0) is 93.1 Å². The molecule has 1 fully saturated rings. The predicted octanol–water partition coefficient (Wildman–Crippen LogP) is 6.69. The van der Waals surface area contributed by atoms with Crippen LogP contribution in [0.3, 0.4) is 0 Å². The van der Waals surface area contributed by atoms with Crippen LogP contribution in [-0.2, 0) is 0 Å². The first-order valence-corrected chi connectivity index (χ1v) is 12.8. The summed E-state index contributed by atoms with van der Waals surface area (Å²) in [5.74, 6) is 0. The van der Waals surface area contributed by atoms with Crippen LogP contribution in [0.15, 0.2) is 72.9 Å². The van der Waals surface area contributed by atoms with Crippen molar-refractivity contribution >= 4 is 40.3 Å². The number of hydrogen-bond donors (Lipinski definition) is 1. The zero-order valence-corrected chi connectivity index (χ0v) is 22.7. The molecule has 2 atom stereocenters. The maximum atomic E-state index is 6.37. The van der Waals surface area contributed by atoms with E-state index in [2.05, 4.69) is 76.9 Å². The van der Waals surface area contributed by atoms with Crippen LogP contribution in [0.25, 0.3) is 5.69 Å². The van der Waals surface area contributed by atoms with Crippen LogP contribution in [-0.4, -0.2) is 28.8 Å². The molecule has 1 aliphatic heterocycles. The third-order valence-electron chi connectivity index (χ3n) is 7.11. The third kappa shape index (κ3) is 4.14. The Labute approximate surface area is 223 Å². The fourth-order valence-corrected chi connectivity index (χ4v) is 5.81. The second kappa shape index (κ2) is 9.60. The number of aromatic nitrogens is 2. The second-order valence-electron chi connectivity index (χ2n) is 9.43. The first-order valence-electron chi connectivity index (χ1n) is 12.0. The van der Waals surface area contributed by atoms with Crippen LogP contribution in [0.4, 0.5) is 11.4 Å². The van der Waals surface area contributed by atoms with Crippen molar-refractivity contribution in [3.8, 4) is 5.69 Å². The molecule has 1 N–H and O–H groups in total. The number of thiocarbonyl (C=S) groups is 1. The van der Waals surface area contributed by atoms with E-state index in [0.717, 1.165) is 27.8 Å². The third-order valence-corrected chi connectivity index (χ3v) is 7.66. The predicted molar refractivity (Wildman–Crippen MR) is 154 cm³/mol. The molecule has 0 saturated carbocycles. The Hall–Kier alpha value is -3.35. The van der Waals surface area contributed by atoms with E-state index in [4.69, 9.17) is 28.8 Å². The normalized spacial score (nSPS) is 17.4. The lowest BCUT2D eigenvalue weighted by molar-refractivity contribution is 0.563. The number of hydrogen-bond acceptors (Lipinski definition) is 3. The highest BCUT2D eigenvalue weighted by Crippen LogP contribution is 2.45. The van der Waals surface area contributed by atoms with E-state index >= 15 is 0 Å². The highest BCUT2D eigenvalue weighted by atomic mass is 35.5. The molecule has 1 aliphatic rings. The van der Waals surface area contributed by atoms with E-state index in [1.807, 2.05) is 50.6 Å². The Kier molecular flexibility index (Phi) is 6.49. The summed E-state index contributed by atoms with van der Waals surface area (Å²) in [6.07, 6.45) is 1.84. The molecule has 5 rings (SSSR count). The molecule has 7 heteroatoms. The molecule has 0 radical (unpaired) electrons. The van der Waals surface area contributed by atoms with Gasteiger partial charge in [0.05, 0.1) is 17.8 Å². The standard InChI is InChI=1S/C29H30ClN5S/c1-18-19(2)34(24-10-8-9-21(30)17-24)20(3)26(18)28-27(25-11-6-7-16-31-25)32-29(36)35(28)23-14-12-22(13-15-23)33(4)5/h6-17,27-28H,1-5H3,(H,32,36)/t27-,28+/m1/s1. The number of nitrogens with zero attached hydrogens (tertiary/aromatic N) is 4. The molecule has 184 valence electrons. The molecule has 0 unspecified atom stereocenters. The maximum absolute atomic E-state index is 6.37. The highest BCUT2D eigenvalue weighted by Gasteiger charge is 2.43. The van der Waals surface area contributed by atoms with Gasteiger partial charge in [0.15, 0.2) is 5.11 Å². The molecular formula is C29H30ClN5S. The van der Waals surface area contributed by atoms with Gasteiger partial charge in [-0.2, -0.15) is 0 Å². The van der Waals surface area contributed by atoms with Crippen molar-refractivity contribution in [2.75, 3.05) is 23.9 Å². The van der Waals surface area contributed by atoms with Gasteiger partial charge in [0.2, 0.25) is 0 Å². The Bertz CT molecular complexity index is 1410. The van der Waals surface area contributed by atoms with Gasteiger partial charge in [-0.3, -0.25) is 4.98 Å². The van der Waals surface area contributed by atoms with Crippen molar-refractivity contribution in [1.29, 1.82) is 0 Å². The lowest BCUT2D eigenvalue weighted by Crippen LogP contribution is -2.29. The summed E-state index contributed by atoms with van der Waals surface area (Å²) in [4.78, 5) is 9.05. The van der Waals surface area contributed by atoms with Crippen molar-refractivity contribution in [2.24, 2.45) is 0 Å². The van der Waals surface area contributed by atoms with Crippen molar-refractivity contribution in [2.45, 2.75) is 32.9 Å². The smallest absolute Gasteiger partial charge is 0.174 e. The summed E-state index contributed by atoms with van der Waals surface area (Å²) >= 11 is 12.3. The van der Waals surface area contributed by atoms with Crippen LogP contribution in [0.1, 0.15) is 40.3 Å². The molecule has 0 spiro atoms. The summed E-state index contributed by atoms with van der Waals surface area (Å²) in [7, 11) is 4.09. The largest absolute Gasteiger partial charge is 0.378 e. The van der Waals surface area contributed by atoms with E-state index in [9.17, 15) is 0 Å². The van der Waals surface area contributed by atoms with Crippen molar-refractivity contribution in [3.63, 3.8) is 0 Å². The average molecular weight is 516 g/mol. The SMILES string of the molecule is Cc1c([C@H]2[C@@H](c3ccccn3)NC(=S)N2c2ccc(N(C)C)cc2)c(C)n(-c2cccc(Cl)c2)c1C. The lowest BCUT2D eigenvalue weighted by Gasteiger charge is -2.29. The molecular weight excluding hydrogens is 486 g/mol. The molecule has 0 bridgehead atoms. The number of rotatable bonds is 5. The van der Waals surface area contributed by atoms with Crippen LogP contribution >= 0.6 is 23.8 Å². The molecule has 4 aromatic rings. The van der Waals surface area contributed by atoms with E-state index in [1.54, 1.807) is 0 Å². The monoisotopic (exact) mass is 515 g/mol. The number of nitrogens with one attached hydrogen (secondary N) is 1. The summed E-state index contributed by atoms with van der Waals surface area (Å²) in [6, 6.07) is 22.4. The van der Waals surface area contributed by atoms with E-state index in [1.165, 1.54) is 22.5 Å². The number of halogens is 1. The van der Waals surface area contributed by atoms with Crippen molar-refractivity contribution in [1.82, 2.24) is 14.9 Å². The Morgan fingerprint density at radius 3 is 2.31 bits per heavy atom. The van der Waals surface area contributed by atoms with Crippen LogP contribution in [0, 0.1) is 20.8 Å². The minimum atomic E-state index is -0.0979. The summed E-state index contributed by atoms with van der Waals surface area (Å²) in [6.45, 7) is 6.54. The molecule has 2 aromatic heterocycles. The lowest BCUT2D eigenvalue weighted by atomic mass is 9.93. The minimum Gasteiger partial charge on any atom is -0.378 e. The number of anilines is 2. The van der Waals surface area contributed by atoms with Gasteiger partial charge >= 0.3 is 0 Å². The molecule has 5 nitrogen and oxygen atoms in total. The van der Waals surface area contributed by atoms with Gasteiger partial charge in [0.1, 0.15) is 0 Å². The van der Waals surface area contributed by atoms with Gasteiger partial charge < -0.3 is 19.7 Å². The average Bonchev–Trinajstić information content (AvgIpc) is 3.31. The zero-order valence-electron chi connectivity index (χ0n) is 21.2. The zero-order chi connectivity index (χ0) is 25.6. The van der Waals surface area contributed by atoms with Crippen LogP contribution in [0.5, 0.6) is 0 Å². The van der Waals surface area contributed by atoms with Gasteiger partial charge in [-0.15, -0.1) is 0 Å². The summed E-state index contributed by atoms with van der Waals surface area (Å²) in [5.41, 5.74) is 9.04. The van der Waals surface area contributed by atoms with Gasteiger partial charge in [-0.25, -0.2) is 0 Å². The number of pyridine rings is 1. The molecule has 0 amide bonds. The first-order chi connectivity index (χ1) is 17.3. The number of benzene rings is 2. The van der Waals surface area contributed by atoms with Crippen LogP contribution in [0.2, 0.25) is 5.02 Å². The fraction of sp³-hybridized carbons (Fsp3) is 0.241. The Morgan fingerprint density at radius 1 is 0.917 bits per heavy atom. The molecule has 2 aromatic carbocycles. The van der Waals surface area contributed by atoms with Crippen molar-refractivity contribution < 1.29 is 0 Å². The Balaban J connectivity index is 1.70. The van der Waals surface area contributed by atoms with Gasteiger partial charge in [0, 0.05) is 59.3 Å². The minimum absolute atomic E-state index is 0.0725. The summed E-state index contributed by atoms with van der Waals surface area (Å²) in [5, 5.41) is 5.00. The topological polar surface area (TPSA) is 36.3 Å². The molecule has 0 aliphatic carbocycles. The van der Waals surface area contributed by atoms with E-state index in [-0.39, 0.29) is 12.1 Å². The molecule has 1 saturated heterocycles. The van der Waals surface area contributed by atoms with E-state index < -0.39 is 0 Å². The quantitative estimate of drug-likeness (QED) is 0.299. The van der Waals surface area contributed by atoms with Crippen molar-refractivity contribution in [3.05, 3.63) is 106 Å². The van der Waals surface area contributed by atoms with Gasteiger partial charge in [0.25, 0.3) is 0 Å². The molecule has 3 heterocycles. The fourth-order valence-electron chi connectivity index (χ4n) is 5.28. The summed E-state index contributed by atoms with van der Waals surface area (Å²) < 4.78 is 2.29. The molecule has 36 heavy (non-hydrogen) atoms. The van der Waals surface area contributed by atoms with Crippen LogP contribution < -0.4 is 15.1 Å². The first kappa shape index (κ1) is 24.3. The van der Waals surface area contributed by atoms with Gasteiger partial charge in [-0.1, -0.05) is 23.7 Å². The second-order valence-corrected chi connectivity index (χ2v) is 10.3.